The van der Waals surface area contributed by atoms with E-state index in [1.165, 1.54) is 6.42 Å². The van der Waals surface area contributed by atoms with Gasteiger partial charge < -0.3 is 0 Å². The third kappa shape index (κ3) is 2.40. The van der Waals surface area contributed by atoms with E-state index in [1.54, 1.807) is 6.20 Å². The van der Waals surface area contributed by atoms with Crippen molar-refractivity contribution in [1.82, 2.24) is 9.78 Å². The molecule has 2 rings (SSSR count). The van der Waals surface area contributed by atoms with Crippen molar-refractivity contribution in [3.8, 4) is 0 Å². The molecule has 3 heteroatoms. The molecule has 0 atom stereocenters. The van der Waals surface area contributed by atoms with Crippen LogP contribution in [0.15, 0.2) is 24.0 Å². The molecule has 86 valence electrons. The molecule has 0 unspecified atom stereocenters. The predicted molar refractivity (Wildman–Crippen MR) is 63.4 cm³/mol. The van der Waals surface area contributed by atoms with Crippen LogP contribution in [0.25, 0.3) is 0 Å². The number of nitrogens with zero attached hydrogens (tertiary/aromatic N) is 2. The van der Waals surface area contributed by atoms with Crippen molar-refractivity contribution in [2.45, 2.75) is 45.6 Å². The van der Waals surface area contributed by atoms with Crippen LogP contribution in [0.1, 0.15) is 49.4 Å². The van der Waals surface area contributed by atoms with Crippen molar-refractivity contribution < 1.29 is 4.79 Å². The van der Waals surface area contributed by atoms with Crippen molar-refractivity contribution in [2.75, 3.05) is 0 Å². The summed E-state index contributed by atoms with van der Waals surface area (Å²) in [6.07, 6.45) is 11.0. The minimum absolute atomic E-state index is 0.169. The van der Waals surface area contributed by atoms with E-state index < -0.39 is 0 Å². The number of carbonyl (C=O) groups excluding carboxylic acids is 1. The van der Waals surface area contributed by atoms with E-state index in [1.807, 2.05) is 10.9 Å². The van der Waals surface area contributed by atoms with E-state index in [9.17, 15) is 4.79 Å². The molecule has 1 aliphatic rings. The molecule has 0 radical (unpaired) electrons. The molecule has 0 N–H and O–H groups in total. The topological polar surface area (TPSA) is 34.9 Å². The highest BCUT2D eigenvalue weighted by Gasteiger charge is 2.15. The molecule has 16 heavy (non-hydrogen) atoms. The first-order chi connectivity index (χ1) is 7.81. The van der Waals surface area contributed by atoms with Crippen LogP contribution in [0.4, 0.5) is 0 Å². The first kappa shape index (κ1) is 11.1. The maximum atomic E-state index is 12.1. The Hall–Kier alpha value is -1.38. The Bertz CT molecular complexity index is 404. The zero-order chi connectivity index (χ0) is 11.4. The summed E-state index contributed by atoms with van der Waals surface area (Å²) in [5.41, 5.74) is 1.71. The second-order valence-electron chi connectivity index (χ2n) is 4.30. The van der Waals surface area contributed by atoms with Gasteiger partial charge in [0.2, 0.25) is 0 Å². The number of hydrogen-bond acceptors (Lipinski definition) is 2. The van der Waals surface area contributed by atoms with Gasteiger partial charge in [-0.3, -0.25) is 9.48 Å². The average molecular weight is 218 g/mol. The Labute approximate surface area is 96.2 Å². The summed E-state index contributed by atoms with van der Waals surface area (Å²) in [7, 11) is 0. The summed E-state index contributed by atoms with van der Waals surface area (Å²) in [6, 6.07) is 0. The Morgan fingerprint density at radius 2 is 2.38 bits per heavy atom. The first-order valence-electron chi connectivity index (χ1n) is 6.07. The van der Waals surface area contributed by atoms with Crippen LogP contribution in [-0.4, -0.2) is 15.6 Å². The SMILES string of the molecule is CCCn1cc(C(=O)C2=CCCCC2)cn1. The Morgan fingerprint density at radius 1 is 1.50 bits per heavy atom. The molecule has 1 aromatic heterocycles. The molecule has 0 fully saturated rings. The normalized spacial score (nSPS) is 15.9. The summed E-state index contributed by atoms with van der Waals surface area (Å²) < 4.78 is 1.84. The van der Waals surface area contributed by atoms with E-state index >= 15 is 0 Å². The lowest BCUT2D eigenvalue weighted by atomic mass is 9.94. The van der Waals surface area contributed by atoms with E-state index in [-0.39, 0.29) is 5.78 Å². The van der Waals surface area contributed by atoms with Gasteiger partial charge in [-0.1, -0.05) is 13.0 Å². The molecule has 0 amide bonds. The van der Waals surface area contributed by atoms with Gasteiger partial charge in [0, 0.05) is 12.7 Å². The van der Waals surface area contributed by atoms with E-state index in [0.29, 0.717) is 0 Å². The molecule has 1 aromatic rings. The van der Waals surface area contributed by atoms with E-state index in [0.717, 1.165) is 43.4 Å². The maximum Gasteiger partial charge on any atom is 0.191 e. The third-order valence-corrected chi connectivity index (χ3v) is 2.93. The minimum Gasteiger partial charge on any atom is -0.289 e. The van der Waals surface area contributed by atoms with Gasteiger partial charge in [-0.2, -0.15) is 5.10 Å². The van der Waals surface area contributed by atoms with Gasteiger partial charge >= 0.3 is 0 Å². The van der Waals surface area contributed by atoms with Gasteiger partial charge in [0.15, 0.2) is 5.78 Å². The first-order valence-corrected chi connectivity index (χ1v) is 6.07. The number of hydrogen-bond donors (Lipinski definition) is 0. The maximum absolute atomic E-state index is 12.1. The number of Topliss-reactive ketones (excluding diaryl/α,β-unsaturated/α-hetero) is 1. The van der Waals surface area contributed by atoms with Crippen molar-refractivity contribution in [3.05, 3.63) is 29.6 Å². The Balaban J connectivity index is 2.10. The predicted octanol–water partition coefficient (Wildman–Crippen LogP) is 2.98. The number of allylic oxidation sites excluding steroid dienone is 2. The van der Waals surface area contributed by atoms with Crippen LogP contribution in [0.2, 0.25) is 0 Å². The zero-order valence-corrected chi connectivity index (χ0v) is 9.78. The molecular weight excluding hydrogens is 200 g/mol. The molecule has 0 aliphatic heterocycles. The van der Waals surface area contributed by atoms with Gasteiger partial charge in [0.25, 0.3) is 0 Å². The Kier molecular flexibility index (Phi) is 3.54. The summed E-state index contributed by atoms with van der Waals surface area (Å²) in [5.74, 6) is 0.169. The van der Waals surface area contributed by atoms with Gasteiger partial charge in [-0.25, -0.2) is 0 Å². The monoisotopic (exact) mass is 218 g/mol. The number of ketones is 1. The molecule has 0 spiro atoms. The van der Waals surface area contributed by atoms with Crippen LogP contribution in [-0.2, 0) is 6.54 Å². The fourth-order valence-electron chi connectivity index (χ4n) is 2.06. The number of carbonyl (C=O) groups is 1. The fourth-order valence-corrected chi connectivity index (χ4v) is 2.06. The molecule has 0 bridgehead atoms. The quantitative estimate of drug-likeness (QED) is 0.728. The average Bonchev–Trinajstić information content (AvgIpc) is 2.78. The summed E-state index contributed by atoms with van der Waals surface area (Å²) in [5, 5.41) is 4.19. The highest BCUT2D eigenvalue weighted by atomic mass is 16.1. The molecular formula is C13H18N2O. The number of aryl methyl sites for hydroxylation is 1. The van der Waals surface area contributed by atoms with Crippen LogP contribution < -0.4 is 0 Å². The molecule has 0 aromatic carbocycles. The van der Waals surface area contributed by atoms with Crippen molar-refractivity contribution in [2.24, 2.45) is 0 Å². The lowest BCUT2D eigenvalue weighted by molar-refractivity contribution is 0.102. The summed E-state index contributed by atoms with van der Waals surface area (Å²) in [4.78, 5) is 12.1. The van der Waals surface area contributed by atoms with Crippen LogP contribution in [0, 0.1) is 0 Å². The lowest BCUT2D eigenvalue weighted by Gasteiger charge is -2.09. The van der Waals surface area contributed by atoms with Crippen molar-refractivity contribution in [3.63, 3.8) is 0 Å². The largest absolute Gasteiger partial charge is 0.289 e. The molecule has 3 nitrogen and oxygen atoms in total. The molecule has 1 aliphatic carbocycles. The summed E-state index contributed by atoms with van der Waals surface area (Å²) in [6.45, 7) is 2.99. The standard InChI is InChI=1S/C13H18N2O/c1-2-8-15-10-12(9-14-15)13(16)11-6-4-3-5-7-11/h6,9-10H,2-5,7-8H2,1H3. The molecule has 0 saturated carbocycles. The minimum atomic E-state index is 0.169. The van der Waals surface area contributed by atoms with Crippen LogP contribution >= 0.6 is 0 Å². The third-order valence-electron chi connectivity index (χ3n) is 2.93. The molecule has 0 saturated heterocycles. The molecule has 1 heterocycles. The number of aromatic nitrogens is 2. The Morgan fingerprint density at radius 3 is 3.06 bits per heavy atom. The van der Waals surface area contributed by atoms with Gasteiger partial charge in [-0.15, -0.1) is 0 Å². The second-order valence-corrected chi connectivity index (χ2v) is 4.30. The summed E-state index contributed by atoms with van der Waals surface area (Å²) >= 11 is 0. The zero-order valence-electron chi connectivity index (χ0n) is 9.78. The van der Waals surface area contributed by atoms with Crippen molar-refractivity contribution >= 4 is 5.78 Å². The number of rotatable bonds is 4. The lowest BCUT2D eigenvalue weighted by Crippen LogP contribution is -2.05. The van der Waals surface area contributed by atoms with Crippen LogP contribution in [0.5, 0.6) is 0 Å². The highest BCUT2D eigenvalue weighted by Crippen LogP contribution is 2.20. The van der Waals surface area contributed by atoms with Gasteiger partial charge in [0.1, 0.15) is 0 Å². The second kappa shape index (κ2) is 5.10. The van der Waals surface area contributed by atoms with E-state index in [2.05, 4.69) is 18.1 Å². The van der Waals surface area contributed by atoms with E-state index in [4.69, 9.17) is 0 Å². The van der Waals surface area contributed by atoms with Gasteiger partial charge in [0.05, 0.1) is 11.8 Å². The van der Waals surface area contributed by atoms with Gasteiger partial charge in [-0.05, 0) is 37.7 Å². The fraction of sp³-hybridized carbons (Fsp3) is 0.538. The van der Waals surface area contributed by atoms with Crippen molar-refractivity contribution in [1.29, 1.82) is 0 Å². The highest BCUT2D eigenvalue weighted by molar-refractivity contribution is 6.08. The van der Waals surface area contributed by atoms with Crippen LogP contribution in [0.3, 0.4) is 0 Å². The smallest absolute Gasteiger partial charge is 0.191 e.